The third kappa shape index (κ3) is 6.92. The molecule has 0 saturated heterocycles. The molecule has 176 valence electrons. The van der Waals surface area contributed by atoms with E-state index >= 15 is 0 Å². The van der Waals surface area contributed by atoms with Crippen molar-refractivity contribution in [2.45, 2.75) is 36.9 Å². The van der Waals surface area contributed by atoms with Crippen molar-refractivity contribution in [3.05, 3.63) is 59.7 Å². The number of aromatic nitrogens is 2. The van der Waals surface area contributed by atoms with Gasteiger partial charge in [-0.15, -0.1) is 10.2 Å². The number of nitrogens with one attached hydrogen (secondary N) is 1. The number of benzene rings is 2. The number of hydrogen-bond acceptors (Lipinski definition) is 8. The van der Waals surface area contributed by atoms with Crippen LogP contribution in [0.3, 0.4) is 0 Å². The quantitative estimate of drug-likeness (QED) is 0.315. The molecular formula is C22H26N4O4S3. The lowest BCUT2D eigenvalue weighted by Crippen LogP contribution is -2.29. The molecule has 0 spiro atoms. The molecule has 8 nitrogen and oxygen atoms in total. The molecule has 0 radical (unpaired) electrons. The summed E-state index contributed by atoms with van der Waals surface area (Å²) in [5.74, 6) is 0.189. The summed E-state index contributed by atoms with van der Waals surface area (Å²) in [6, 6.07) is 13.8. The van der Waals surface area contributed by atoms with Gasteiger partial charge in [-0.2, -0.15) is 0 Å². The summed E-state index contributed by atoms with van der Waals surface area (Å²) in [7, 11) is -3.57. The van der Waals surface area contributed by atoms with Crippen LogP contribution >= 0.6 is 23.1 Å². The first-order chi connectivity index (χ1) is 15.7. The molecule has 3 aromatic rings. The summed E-state index contributed by atoms with van der Waals surface area (Å²) in [6.45, 7) is 6.50. The van der Waals surface area contributed by atoms with E-state index in [1.165, 1.54) is 15.6 Å². The van der Waals surface area contributed by atoms with Crippen molar-refractivity contribution >= 4 is 49.8 Å². The number of carbonyl (C=O) groups is 1. The van der Waals surface area contributed by atoms with Crippen molar-refractivity contribution in [1.82, 2.24) is 10.2 Å². The molecule has 0 fully saturated rings. The zero-order valence-corrected chi connectivity index (χ0v) is 21.3. The maximum atomic E-state index is 12.6. The fraction of sp³-hybridized carbons (Fsp3) is 0.318. The van der Waals surface area contributed by atoms with Gasteiger partial charge in [0.2, 0.25) is 15.2 Å². The zero-order chi connectivity index (χ0) is 24.0. The number of ether oxygens (including phenoxy) is 1. The van der Waals surface area contributed by atoms with Crippen LogP contribution in [0.5, 0.6) is 5.75 Å². The fourth-order valence-electron chi connectivity index (χ4n) is 2.93. The minimum absolute atomic E-state index is 0.108. The second-order valence-electron chi connectivity index (χ2n) is 7.36. The molecule has 0 aliphatic rings. The maximum absolute atomic E-state index is 12.6. The molecule has 1 heterocycles. The summed E-state index contributed by atoms with van der Waals surface area (Å²) >= 11 is 2.91. The number of sulfonamides is 1. The normalized spacial score (nSPS) is 11.4. The SMILES string of the molecule is CCOc1ccccc1N(Cc1ccc(C(=O)Nc2nnc(SC(C)C)s2)cc1)S(C)(=O)=O. The monoisotopic (exact) mass is 506 g/mol. The van der Waals surface area contributed by atoms with Gasteiger partial charge in [0.25, 0.3) is 5.91 Å². The highest BCUT2D eigenvalue weighted by atomic mass is 32.2. The van der Waals surface area contributed by atoms with Crippen LogP contribution in [0, 0.1) is 0 Å². The predicted molar refractivity (Wildman–Crippen MR) is 134 cm³/mol. The van der Waals surface area contributed by atoms with E-state index < -0.39 is 10.0 Å². The predicted octanol–water partition coefficient (Wildman–Crippen LogP) is 4.66. The Balaban J connectivity index is 1.74. The number of nitrogens with zero attached hydrogens (tertiary/aromatic N) is 3. The van der Waals surface area contributed by atoms with Crippen LogP contribution in [-0.2, 0) is 16.6 Å². The minimum Gasteiger partial charge on any atom is -0.492 e. The van der Waals surface area contributed by atoms with E-state index in [-0.39, 0.29) is 12.5 Å². The van der Waals surface area contributed by atoms with Crippen LogP contribution in [0.25, 0.3) is 0 Å². The van der Waals surface area contributed by atoms with Crippen LogP contribution in [0.1, 0.15) is 36.7 Å². The van der Waals surface area contributed by atoms with Crippen molar-refractivity contribution in [3.8, 4) is 5.75 Å². The first-order valence-electron chi connectivity index (χ1n) is 10.3. The maximum Gasteiger partial charge on any atom is 0.257 e. The molecule has 1 aromatic heterocycles. The van der Waals surface area contributed by atoms with Crippen molar-refractivity contribution in [1.29, 1.82) is 0 Å². The topological polar surface area (TPSA) is 101 Å². The second-order valence-corrected chi connectivity index (χ2v) is 12.1. The summed E-state index contributed by atoms with van der Waals surface area (Å²) in [6.07, 6.45) is 1.16. The Bertz CT molecular complexity index is 1190. The molecule has 11 heteroatoms. The van der Waals surface area contributed by atoms with Crippen molar-refractivity contribution < 1.29 is 17.9 Å². The van der Waals surface area contributed by atoms with Crippen LogP contribution < -0.4 is 14.4 Å². The van der Waals surface area contributed by atoms with Crippen LogP contribution in [-0.4, -0.2) is 42.6 Å². The average Bonchev–Trinajstić information content (AvgIpc) is 3.18. The third-order valence-corrected chi connectivity index (χ3v) is 7.39. The Morgan fingerprint density at radius 1 is 1.15 bits per heavy atom. The lowest BCUT2D eigenvalue weighted by Gasteiger charge is -2.24. The highest BCUT2D eigenvalue weighted by Gasteiger charge is 2.21. The summed E-state index contributed by atoms with van der Waals surface area (Å²) < 4.78 is 32.8. The number of carbonyl (C=O) groups excluding carboxylic acids is 1. The molecule has 1 amide bonds. The van der Waals surface area contributed by atoms with Gasteiger partial charge < -0.3 is 4.74 Å². The lowest BCUT2D eigenvalue weighted by atomic mass is 10.1. The first-order valence-corrected chi connectivity index (χ1v) is 13.8. The second kappa shape index (κ2) is 11.0. The molecule has 0 bridgehead atoms. The Morgan fingerprint density at radius 3 is 2.48 bits per heavy atom. The van der Waals surface area contributed by atoms with E-state index in [1.807, 2.05) is 6.92 Å². The fourth-order valence-corrected chi connectivity index (χ4v) is 5.79. The van der Waals surface area contributed by atoms with Gasteiger partial charge in [0, 0.05) is 10.8 Å². The van der Waals surface area contributed by atoms with Gasteiger partial charge in [0.1, 0.15) is 5.75 Å². The first kappa shape index (κ1) is 25.0. The molecule has 33 heavy (non-hydrogen) atoms. The standard InChI is InChI=1S/C22H26N4O4S3/c1-5-30-19-9-7-6-8-18(19)26(33(4,28)29)14-16-10-12-17(13-11-16)20(27)23-21-24-25-22(32-21)31-15(2)3/h6-13,15H,5,14H2,1-4H3,(H,23,24,27). The van der Waals surface area contributed by atoms with Gasteiger partial charge in [0.05, 0.1) is 25.1 Å². The Morgan fingerprint density at radius 2 is 1.85 bits per heavy atom. The van der Waals surface area contributed by atoms with Crippen molar-refractivity contribution in [2.75, 3.05) is 22.5 Å². The highest BCUT2D eigenvalue weighted by molar-refractivity contribution is 8.01. The number of hydrogen-bond donors (Lipinski definition) is 1. The lowest BCUT2D eigenvalue weighted by molar-refractivity contribution is 0.102. The van der Waals surface area contributed by atoms with Crippen LogP contribution in [0.15, 0.2) is 52.9 Å². The highest BCUT2D eigenvalue weighted by Crippen LogP contribution is 2.31. The average molecular weight is 507 g/mol. The van der Waals surface area contributed by atoms with Crippen molar-refractivity contribution in [3.63, 3.8) is 0 Å². The van der Waals surface area contributed by atoms with Gasteiger partial charge in [0.15, 0.2) is 4.34 Å². The van der Waals surface area contributed by atoms with Gasteiger partial charge in [-0.3, -0.25) is 14.4 Å². The Labute approximate surface area is 202 Å². The van der Waals surface area contributed by atoms with Gasteiger partial charge in [-0.25, -0.2) is 8.42 Å². The molecule has 0 aliphatic carbocycles. The van der Waals surface area contributed by atoms with E-state index in [9.17, 15) is 13.2 Å². The Hall–Kier alpha value is -2.63. The molecule has 2 aromatic carbocycles. The van der Waals surface area contributed by atoms with E-state index in [1.54, 1.807) is 60.3 Å². The summed E-state index contributed by atoms with van der Waals surface area (Å²) in [4.78, 5) is 12.6. The van der Waals surface area contributed by atoms with Gasteiger partial charge in [-0.1, -0.05) is 61.2 Å². The number of thioether (sulfide) groups is 1. The third-order valence-electron chi connectivity index (χ3n) is 4.34. The number of amides is 1. The van der Waals surface area contributed by atoms with Crippen molar-refractivity contribution in [2.24, 2.45) is 0 Å². The molecule has 1 N–H and O–H groups in total. The van der Waals surface area contributed by atoms with E-state index in [2.05, 4.69) is 29.4 Å². The number of rotatable bonds is 10. The molecular weight excluding hydrogens is 480 g/mol. The largest absolute Gasteiger partial charge is 0.492 e. The van der Waals surface area contributed by atoms with E-state index in [4.69, 9.17) is 4.74 Å². The minimum atomic E-state index is -3.57. The smallest absolute Gasteiger partial charge is 0.257 e. The Kier molecular flexibility index (Phi) is 8.33. The molecule has 0 unspecified atom stereocenters. The van der Waals surface area contributed by atoms with Crippen LogP contribution in [0.2, 0.25) is 0 Å². The molecule has 0 saturated carbocycles. The van der Waals surface area contributed by atoms with Gasteiger partial charge >= 0.3 is 0 Å². The van der Waals surface area contributed by atoms with E-state index in [0.29, 0.717) is 34.0 Å². The number of para-hydroxylation sites is 2. The molecule has 0 atom stereocenters. The molecule has 0 aliphatic heterocycles. The zero-order valence-electron chi connectivity index (χ0n) is 18.8. The summed E-state index contributed by atoms with van der Waals surface area (Å²) in [5.41, 5.74) is 1.64. The van der Waals surface area contributed by atoms with E-state index in [0.717, 1.165) is 16.2 Å². The molecule has 3 rings (SSSR count). The van der Waals surface area contributed by atoms with Crippen LogP contribution in [0.4, 0.5) is 10.8 Å². The summed E-state index contributed by atoms with van der Waals surface area (Å²) in [5, 5.41) is 11.6. The number of anilines is 2. The van der Waals surface area contributed by atoms with Gasteiger partial charge in [-0.05, 0) is 36.8 Å².